The van der Waals surface area contributed by atoms with Gasteiger partial charge in [-0.3, -0.25) is 4.79 Å². The van der Waals surface area contributed by atoms with Gasteiger partial charge in [0, 0.05) is 12.1 Å². The van der Waals surface area contributed by atoms with Crippen LogP contribution in [0.2, 0.25) is 0 Å². The summed E-state index contributed by atoms with van der Waals surface area (Å²) in [4.78, 5) is 11.0. The molecule has 18 heavy (non-hydrogen) atoms. The van der Waals surface area contributed by atoms with Gasteiger partial charge in [-0.05, 0) is 24.1 Å². The van der Waals surface area contributed by atoms with E-state index >= 15 is 0 Å². The Balaban J connectivity index is 2.82. The van der Waals surface area contributed by atoms with Gasteiger partial charge in [-0.2, -0.15) is 0 Å². The van der Waals surface area contributed by atoms with E-state index in [4.69, 9.17) is 10.5 Å². The summed E-state index contributed by atoms with van der Waals surface area (Å²) in [5.41, 5.74) is 6.96. The molecule has 1 atom stereocenters. The monoisotopic (exact) mass is 252 g/mol. The van der Waals surface area contributed by atoms with Crippen LogP contribution in [-0.2, 0) is 11.2 Å². The molecule has 1 rings (SSSR count). The highest BCUT2D eigenvalue weighted by atomic mass is 16.5. The van der Waals surface area contributed by atoms with Crippen molar-refractivity contribution in [1.82, 2.24) is 5.32 Å². The number of hydrogen-bond donors (Lipinski definition) is 3. The van der Waals surface area contributed by atoms with Gasteiger partial charge >= 0.3 is 0 Å². The summed E-state index contributed by atoms with van der Waals surface area (Å²) in [6.45, 7) is 2.08. The molecule has 0 radical (unpaired) electrons. The van der Waals surface area contributed by atoms with Crippen LogP contribution in [0.15, 0.2) is 18.2 Å². The first kappa shape index (κ1) is 14.5. The van der Waals surface area contributed by atoms with Crippen molar-refractivity contribution < 1.29 is 14.6 Å². The second-order valence-corrected chi connectivity index (χ2v) is 3.95. The highest BCUT2D eigenvalue weighted by Gasteiger charge is 2.14. The molecule has 1 amide bonds. The Morgan fingerprint density at radius 2 is 2.28 bits per heavy atom. The Hall–Kier alpha value is -1.59. The third-order valence-corrected chi connectivity index (χ3v) is 2.74. The number of nitrogens with one attached hydrogen (secondary N) is 1. The summed E-state index contributed by atoms with van der Waals surface area (Å²) in [6.07, 6.45) is 0.0701. The molecular weight excluding hydrogens is 232 g/mol. The quantitative estimate of drug-likeness (QED) is 0.682. The molecule has 0 aliphatic rings. The number of hydrogen-bond acceptors (Lipinski definition) is 4. The van der Waals surface area contributed by atoms with E-state index in [1.54, 1.807) is 7.11 Å². The van der Waals surface area contributed by atoms with Crippen molar-refractivity contribution in [3.8, 4) is 5.75 Å². The standard InChI is InChI=1S/C13H20N2O3/c1-3-9-4-5-12(18-2)10(6-9)11(16)8-15-13(17)7-14/h4-6,11,16H,3,7-8,14H2,1-2H3,(H,15,17). The summed E-state index contributed by atoms with van der Waals surface area (Å²) in [7, 11) is 1.55. The number of aliphatic hydroxyl groups excluding tert-OH is 1. The first-order chi connectivity index (χ1) is 8.62. The Labute approximate surface area is 107 Å². The van der Waals surface area contributed by atoms with E-state index in [1.807, 2.05) is 25.1 Å². The van der Waals surface area contributed by atoms with E-state index in [0.29, 0.717) is 11.3 Å². The van der Waals surface area contributed by atoms with Crippen LogP contribution in [0.1, 0.15) is 24.2 Å². The Kier molecular flexibility index (Phi) is 5.61. The maximum Gasteiger partial charge on any atom is 0.233 e. The van der Waals surface area contributed by atoms with Crippen LogP contribution in [0.4, 0.5) is 0 Å². The summed E-state index contributed by atoms with van der Waals surface area (Å²) in [5, 5.41) is 12.6. The number of carbonyl (C=O) groups excluding carboxylic acids is 1. The number of benzene rings is 1. The number of aryl methyl sites for hydroxylation is 1. The van der Waals surface area contributed by atoms with E-state index in [1.165, 1.54) is 0 Å². The molecule has 1 aromatic rings. The summed E-state index contributed by atoms with van der Waals surface area (Å²) in [6, 6.07) is 5.66. The van der Waals surface area contributed by atoms with Crippen LogP contribution < -0.4 is 15.8 Å². The molecule has 0 spiro atoms. The molecule has 5 nitrogen and oxygen atoms in total. The van der Waals surface area contributed by atoms with Crippen LogP contribution in [0.25, 0.3) is 0 Å². The maximum absolute atomic E-state index is 11.0. The molecule has 1 aromatic carbocycles. The number of methoxy groups -OCH3 is 1. The highest BCUT2D eigenvalue weighted by molar-refractivity contribution is 5.77. The number of amides is 1. The molecule has 100 valence electrons. The van der Waals surface area contributed by atoms with Gasteiger partial charge in [0.15, 0.2) is 0 Å². The fraction of sp³-hybridized carbons (Fsp3) is 0.462. The van der Waals surface area contributed by atoms with Crippen molar-refractivity contribution in [2.24, 2.45) is 5.73 Å². The maximum atomic E-state index is 11.0. The SMILES string of the molecule is CCc1ccc(OC)c(C(O)CNC(=O)CN)c1. The zero-order chi connectivity index (χ0) is 13.5. The van der Waals surface area contributed by atoms with Gasteiger partial charge in [-0.15, -0.1) is 0 Å². The molecule has 0 aliphatic heterocycles. The Bertz CT molecular complexity index is 407. The zero-order valence-electron chi connectivity index (χ0n) is 10.8. The first-order valence-electron chi connectivity index (χ1n) is 5.94. The summed E-state index contributed by atoms with van der Waals surface area (Å²) >= 11 is 0. The minimum atomic E-state index is -0.804. The van der Waals surface area contributed by atoms with Gasteiger partial charge in [0.2, 0.25) is 5.91 Å². The van der Waals surface area contributed by atoms with Crippen molar-refractivity contribution in [2.45, 2.75) is 19.4 Å². The van der Waals surface area contributed by atoms with Gasteiger partial charge < -0.3 is 20.9 Å². The number of carbonyl (C=O) groups is 1. The fourth-order valence-corrected chi connectivity index (χ4v) is 1.66. The molecule has 0 aromatic heterocycles. The Morgan fingerprint density at radius 1 is 1.56 bits per heavy atom. The Morgan fingerprint density at radius 3 is 2.83 bits per heavy atom. The van der Waals surface area contributed by atoms with Crippen LogP contribution in [-0.4, -0.2) is 31.2 Å². The zero-order valence-corrected chi connectivity index (χ0v) is 10.8. The molecule has 4 N–H and O–H groups in total. The fourth-order valence-electron chi connectivity index (χ4n) is 1.66. The lowest BCUT2D eigenvalue weighted by Gasteiger charge is -2.16. The molecule has 5 heteroatoms. The van der Waals surface area contributed by atoms with Gasteiger partial charge in [-0.1, -0.05) is 13.0 Å². The predicted octanol–water partition coefficient (Wildman–Crippen LogP) is 0.366. The number of aliphatic hydroxyl groups is 1. The lowest BCUT2D eigenvalue weighted by Crippen LogP contribution is -2.33. The van der Waals surface area contributed by atoms with Crippen LogP contribution in [0.3, 0.4) is 0 Å². The highest BCUT2D eigenvalue weighted by Crippen LogP contribution is 2.26. The predicted molar refractivity (Wildman–Crippen MR) is 69.4 cm³/mol. The second-order valence-electron chi connectivity index (χ2n) is 3.95. The minimum Gasteiger partial charge on any atom is -0.496 e. The van der Waals surface area contributed by atoms with Crippen molar-refractivity contribution in [3.63, 3.8) is 0 Å². The number of nitrogens with two attached hydrogens (primary N) is 1. The lowest BCUT2D eigenvalue weighted by molar-refractivity contribution is -0.120. The van der Waals surface area contributed by atoms with E-state index < -0.39 is 6.10 Å². The van der Waals surface area contributed by atoms with Crippen molar-refractivity contribution >= 4 is 5.91 Å². The average Bonchev–Trinajstić information content (AvgIpc) is 2.43. The largest absolute Gasteiger partial charge is 0.496 e. The van der Waals surface area contributed by atoms with Crippen LogP contribution >= 0.6 is 0 Å². The second kappa shape index (κ2) is 6.98. The molecule has 0 saturated heterocycles. The molecule has 0 saturated carbocycles. The van der Waals surface area contributed by atoms with E-state index in [0.717, 1.165) is 12.0 Å². The van der Waals surface area contributed by atoms with Crippen LogP contribution in [0, 0.1) is 0 Å². The van der Waals surface area contributed by atoms with Crippen molar-refractivity contribution in [2.75, 3.05) is 20.2 Å². The lowest BCUT2D eigenvalue weighted by atomic mass is 10.0. The molecule has 0 heterocycles. The van der Waals surface area contributed by atoms with E-state index in [9.17, 15) is 9.90 Å². The smallest absolute Gasteiger partial charge is 0.233 e. The number of ether oxygens (including phenoxy) is 1. The van der Waals surface area contributed by atoms with Crippen LogP contribution in [0.5, 0.6) is 5.75 Å². The molecule has 0 aliphatic carbocycles. The molecule has 0 bridgehead atoms. The number of rotatable bonds is 6. The van der Waals surface area contributed by atoms with Gasteiger partial charge in [0.1, 0.15) is 5.75 Å². The summed E-state index contributed by atoms with van der Waals surface area (Å²) < 4.78 is 5.20. The van der Waals surface area contributed by atoms with Gasteiger partial charge in [0.25, 0.3) is 0 Å². The van der Waals surface area contributed by atoms with Gasteiger partial charge in [-0.25, -0.2) is 0 Å². The first-order valence-corrected chi connectivity index (χ1v) is 5.94. The van der Waals surface area contributed by atoms with E-state index in [2.05, 4.69) is 5.32 Å². The van der Waals surface area contributed by atoms with E-state index in [-0.39, 0.29) is 19.0 Å². The average molecular weight is 252 g/mol. The molecule has 0 fully saturated rings. The van der Waals surface area contributed by atoms with Gasteiger partial charge in [0.05, 0.1) is 19.8 Å². The normalized spacial score (nSPS) is 12.0. The minimum absolute atomic E-state index is 0.0845. The molecule has 1 unspecified atom stereocenters. The third-order valence-electron chi connectivity index (χ3n) is 2.74. The van der Waals surface area contributed by atoms with Crippen molar-refractivity contribution in [1.29, 1.82) is 0 Å². The topological polar surface area (TPSA) is 84.6 Å². The molecular formula is C13H20N2O3. The summed E-state index contributed by atoms with van der Waals surface area (Å²) in [5.74, 6) is 0.321. The van der Waals surface area contributed by atoms with Crippen molar-refractivity contribution in [3.05, 3.63) is 29.3 Å². The third kappa shape index (κ3) is 3.72.